The second kappa shape index (κ2) is 8.34. The van der Waals surface area contributed by atoms with Crippen molar-refractivity contribution in [2.45, 2.75) is 13.0 Å². The highest BCUT2D eigenvalue weighted by Crippen LogP contribution is 2.33. The molecule has 1 amide bonds. The number of aromatic nitrogens is 2. The maximum absolute atomic E-state index is 12.1. The van der Waals surface area contributed by atoms with Gasteiger partial charge in [-0.15, -0.1) is 11.3 Å². The van der Waals surface area contributed by atoms with Gasteiger partial charge in [0, 0.05) is 35.1 Å². The Hall–Kier alpha value is -3.71. The van der Waals surface area contributed by atoms with Gasteiger partial charge in [-0.3, -0.25) is 9.59 Å². The summed E-state index contributed by atoms with van der Waals surface area (Å²) >= 11 is 1.51. The van der Waals surface area contributed by atoms with Gasteiger partial charge < -0.3 is 15.5 Å². The van der Waals surface area contributed by atoms with Crippen molar-refractivity contribution >= 4 is 33.9 Å². The Kier molecular flexibility index (Phi) is 5.45. The van der Waals surface area contributed by atoms with Crippen molar-refractivity contribution in [2.24, 2.45) is 5.73 Å². The van der Waals surface area contributed by atoms with Gasteiger partial charge in [0.15, 0.2) is 5.78 Å². The molecule has 2 aromatic heterocycles. The zero-order valence-corrected chi connectivity index (χ0v) is 16.9. The molecule has 2 aromatic carbocycles. The first kappa shape index (κ1) is 19.6. The van der Waals surface area contributed by atoms with Crippen LogP contribution in [0.15, 0.2) is 66.8 Å². The first-order valence-corrected chi connectivity index (χ1v) is 10.1. The van der Waals surface area contributed by atoms with Gasteiger partial charge in [0.2, 0.25) is 0 Å². The van der Waals surface area contributed by atoms with Crippen molar-refractivity contribution < 1.29 is 14.3 Å². The van der Waals surface area contributed by atoms with E-state index in [-0.39, 0.29) is 12.2 Å². The number of benzene rings is 2. The molecule has 0 bridgehead atoms. The van der Waals surface area contributed by atoms with Gasteiger partial charge in [-0.05, 0) is 41.5 Å². The molecule has 0 aliphatic rings. The summed E-state index contributed by atoms with van der Waals surface area (Å²) in [6.45, 7) is 3.90. The number of ether oxygens (including phenoxy) is 1. The standard InChI is InChI=1S/C23H19N3O3S/c1-2-16(27)12-15-11-14(3-6-20(15)29-13-21-25-9-10-30-21)17-4-5-19(23(24)28)22-18(17)7-8-26-22/h2-11,26H,1,12-13H2,(H2,24,28). The van der Waals surface area contributed by atoms with E-state index in [1.165, 1.54) is 17.4 Å². The number of carbonyl (C=O) groups is 2. The number of aromatic amines is 1. The minimum Gasteiger partial charge on any atom is -0.486 e. The van der Waals surface area contributed by atoms with E-state index in [0.29, 0.717) is 23.4 Å². The van der Waals surface area contributed by atoms with Crippen LogP contribution in [-0.2, 0) is 17.8 Å². The number of rotatable bonds is 8. The average molecular weight is 417 g/mol. The fourth-order valence-electron chi connectivity index (χ4n) is 3.36. The second-order valence-corrected chi connectivity index (χ2v) is 7.65. The number of primary amides is 1. The molecule has 150 valence electrons. The normalized spacial score (nSPS) is 10.8. The van der Waals surface area contributed by atoms with Gasteiger partial charge in [0.05, 0.1) is 11.1 Å². The summed E-state index contributed by atoms with van der Waals surface area (Å²) in [7, 11) is 0. The van der Waals surface area contributed by atoms with Crippen LogP contribution in [0.4, 0.5) is 0 Å². The van der Waals surface area contributed by atoms with Crippen LogP contribution in [0.1, 0.15) is 20.9 Å². The highest BCUT2D eigenvalue weighted by molar-refractivity contribution is 7.09. The predicted molar refractivity (Wildman–Crippen MR) is 118 cm³/mol. The number of hydrogen-bond donors (Lipinski definition) is 2. The molecule has 6 nitrogen and oxygen atoms in total. The zero-order chi connectivity index (χ0) is 21.1. The fourth-order valence-corrected chi connectivity index (χ4v) is 3.89. The lowest BCUT2D eigenvalue weighted by atomic mass is 9.96. The van der Waals surface area contributed by atoms with E-state index in [2.05, 4.69) is 16.5 Å². The number of nitrogens with zero attached hydrogens (tertiary/aromatic N) is 1. The maximum Gasteiger partial charge on any atom is 0.250 e. The van der Waals surface area contributed by atoms with Crippen molar-refractivity contribution in [3.63, 3.8) is 0 Å². The number of carbonyl (C=O) groups excluding carboxylic acids is 2. The molecule has 2 heterocycles. The van der Waals surface area contributed by atoms with Crippen molar-refractivity contribution in [1.29, 1.82) is 0 Å². The molecule has 30 heavy (non-hydrogen) atoms. The smallest absolute Gasteiger partial charge is 0.250 e. The summed E-state index contributed by atoms with van der Waals surface area (Å²) in [6.07, 6.45) is 4.99. The van der Waals surface area contributed by atoms with Gasteiger partial charge in [0.1, 0.15) is 17.4 Å². The van der Waals surface area contributed by atoms with E-state index in [0.717, 1.165) is 27.1 Å². The number of thiazole rings is 1. The lowest BCUT2D eigenvalue weighted by molar-refractivity contribution is -0.114. The Bertz CT molecular complexity index is 1240. The molecule has 4 rings (SSSR count). The Balaban J connectivity index is 1.75. The molecule has 4 aromatic rings. The third-order valence-electron chi connectivity index (χ3n) is 4.79. The Labute approximate surface area is 177 Å². The summed E-state index contributed by atoms with van der Waals surface area (Å²) in [5.74, 6) is 0.0440. The van der Waals surface area contributed by atoms with Crippen LogP contribution in [0, 0.1) is 0 Å². The summed E-state index contributed by atoms with van der Waals surface area (Å²) in [5, 5.41) is 3.63. The Morgan fingerprint density at radius 1 is 1.23 bits per heavy atom. The van der Waals surface area contributed by atoms with Crippen LogP contribution >= 0.6 is 11.3 Å². The molecule has 3 N–H and O–H groups in total. The van der Waals surface area contributed by atoms with Crippen LogP contribution < -0.4 is 10.5 Å². The van der Waals surface area contributed by atoms with Gasteiger partial charge in [-0.1, -0.05) is 18.7 Å². The van der Waals surface area contributed by atoms with E-state index >= 15 is 0 Å². The molecular weight excluding hydrogens is 398 g/mol. The molecule has 0 aliphatic heterocycles. The molecule has 7 heteroatoms. The number of allylic oxidation sites excluding steroid dienone is 1. The molecule has 0 spiro atoms. The van der Waals surface area contributed by atoms with Crippen LogP contribution in [0.5, 0.6) is 5.75 Å². The van der Waals surface area contributed by atoms with Crippen LogP contribution in [0.25, 0.3) is 22.0 Å². The number of amides is 1. The quantitative estimate of drug-likeness (QED) is 0.418. The summed E-state index contributed by atoms with van der Waals surface area (Å²) in [4.78, 5) is 31.1. The van der Waals surface area contributed by atoms with E-state index < -0.39 is 5.91 Å². The largest absolute Gasteiger partial charge is 0.486 e. The summed E-state index contributed by atoms with van der Waals surface area (Å²) in [6, 6.07) is 11.2. The molecule has 0 atom stereocenters. The zero-order valence-electron chi connectivity index (χ0n) is 16.1. The van der Waals surface area contributed by atoms with E-state index in [9.17, 15) is 9.59 Å². The SMILES string of the molecule is C=CC(=O)Cc1cc(-c2ccc(C(N)=O)c3[nH]ccc23)ccc1OCc1nccs1. The molecule has 0 saturated carbocycles. The van der Waals surface area contributed by atoms with Gasteiger partial charge >= 0.3 is 0 Å². The molecule has 0 radical (unpaired) electrons. The number of ketones is 1. The van der Waals surface area contributed by atoms with Crippen molar-refractivity contribution in [3.05, 3.63) is 83.0 Å². The predicted octanol–water partition coefficient (Wildman–Crippen LogP) is 4.27. The molecule has 0 fully saturated rings. The third kappa shape index (κ3) is 3.88. The highest BCUT2D eigenvalue weighted by atomic mass is 32.1. The molecule has 0 saturated heterocycles. The number of hydrogen-bond acceptors (Lipinski definition) is 5. The van der Waals surface area contributed by atoms with Gasteiger partial charge in [0.25, 0.3) is 5.91 Å². The second-order valence-electron chi connectivity index (χ2n) is 6.68. The Morgan fingerprint density at radius 2 is 2.10 bits per heavy atom. The molecule has 0 unspecified atom stereocenters. The summed E-state index contributed by atoms with van der Waals surface area (Å²) < 4.78 is 5.93. The van der Waals surface area contributed by atoms with E-state index in [4.69, 9.17) is 10.5 Å². The topological polar surface area (TPSA) is 98.1 Å². The number of nitrogens with one attached hydrogen (secondary N) is 1. The number of fused-ring (bicyclic) bond motifs is 1. The number of H-pyrrole nitrogens is 1. The van der Waals surface area contributed by atoms with E-state index in [1.807, 2.05) is 35.7 Å². The lowest BCUT2D eigenvalue weighted by Gasteiger charge is -2.13. The number of nitrogens with two attached hydrogens (primary N) is 1. The average Bonchev–Trinajstić information content (AvgIpc) is 3.44. The van der Waals surface area contributed by atoms with Crippen LogP contribution in [0.3, 0.4) is 0 Å². The van der Waals surface area contributed by atoms with Crippen molar-refractivity contribution in [2.75, 3.05) is 0 Å². The minimum atomic E-state index is -0.489. The maximum atomic E-state index is 12.1. The first-order valence-electron chi connectivity index (χ1n) is 9.26. The van der Waals surface area contributed by atoms with Crippen LogP contribution in [-0.4, -0.2) is 21.7 Å². The molecule has 0 aliphatic carbocycles. The highest BCUT2D eigenvalue weighted by Gasteiger charge is 2.15. The fraction of sp³-hybridized carbons (Fsp3) is 0.0870. The monoisotopic (exact) mass is 417 g/mol. The van der Waals surface area contributed by atoms with Gasteiger partial charge in [-0.2, -0.15) is 0 Å². The Morgan fingerprint density at radius 3 is 2.83 bits per heavy atom. The van der Waals surface area contributed by atoms with Gasteiger partial charge in [-0.25, -0.2) is 4.98 Å². The third-order valence-corrected chi connectivity index (χ3v) is 5.54. The van der Waals surface area contributed by atoms with E-state index in [1.54, 1.807) is 18.5 Å². The molecular formula is C23H19N3O3S. The minimum absolute atomic E-state index is 0.0953. The van der Waals surface area contributed by atoms with Crippen LogP contribution in [0.2, 0.25) is 0 Å². The van der Waals surface area contributed by atoms with Crippen molar-refractivity contribution in [1.82, 2.24) is 9.97 Å². The van der Waals surface area contributed by atoms with Crippen molar-refractivity contribution in [3.8, 4) is 16.9 Å². The summed E-state index contributed by atoms with van der Waals surface area (Å²) in [5.41, 5.74) is 9.20. The first-order chi connectivity index (χ1) is 14.6. The lowest BCUT2D eigenvalue weighted by Crippen LogP contribution is -2.11.